The third-order valence-corrected chi connectivity index (χ3v) is 1.89. The first-order chi connectivity index (χ1) is 6.90. The van der Waals surface area contributed by atoms with E-state index in [1.165, 1.54) is 0 Å². The lowest BCUT2D eigenvalue weighted by atomic mass is 10.1. The van der Waals surface area contributed by atoms with Gasteiger partial charge in [-0.2, -0.15) is 5.26 Å². The Hall–Kier alpha value is -2.14. The van der Waals surface area contributed by atoms with Gasteiger partial charge < -0.3 is 0 Å². The van der Waals surface area contributed by atoms with Crippen molar-refractivity contribution in [3.63, 3.8) is 0 Å². The number of benzene rings is 1. The Morgan fingerprint density at radius 2 is 2.21 bits per heavy atom. The van der Waals surface area contributed by atoms with Gasteiger partial charge in [-0.15, -0.1) is 0 Å². The van der Waals surface area contributed by atoms with Crippen LogP contribution in [0.25, 0.3) is 11.1 Å². The SMILES string of the molecule is N#Cc1cncc(-c2[c]cccc2)c1. The number of aromatic nitrogens is 1. The molecule has 2 aromatic rings. The Balaban J connectivity index is 2.49. The lowest BCUT2D eigenvalue weighted by Crippen LogP contribution is -1.82. The van der Waals surface area contributed by atoms with Crippen LogP contribution < -0.4 is 0 Å². The zero-order valence-electron chi connectivity index (χ0n) is 7.44. The fourth-order valence-electron chi connectivity index (χ4n) is 1.22. The second-order valence-electron chi connectivity index (χ2n) is 2.85. The molecule has 0 saturated heterocycles. The van der Waals surface area contributed by atoms with E-state index in [-0.39, 0.29) is 0 Å². The Morgan fingerprint density at radius 3 is 2.93 bits per heavy atom. The average Bonchev–Trinajstić information content (AvgIpc) is 2.30. The van der Waals surface area contributed by atoms with E-state index in [1.807, 2.05) is 24.3 Å². The van der Waals surface area contributed by atoms with Gasteiger partial charge in [0.05, 0.1) is 5.56 Å². The molecule has 0 fully saturated rings. The van der Waals surface area contributed by atoms with Gasteiger partial charge in [-0.05, 0) is 17.7 Å². The van der Waals surface area contributed by atoms with Crippen molar-refractivity contribution >= 4 is 0 Å². The van der Waals surface area contributed by atoms with Crippen LogP contribution in [0.5, 0.6) is 0 Å². The van der Waals surface area contributed by atoms with Gasteiger partial charge in [-0.25, -0.2) is 0 Å². The van der Waals surface area contributed by atoms with E-state index in [2.05, 4.69) is 17.1 Å². The summed E-state index contributed by atoms with van der Waals surface area (Å²) < 4.78 is 0. The van der Waals surface area contributed by atoms with Crippen molar-refractivity contribution in [3.8, 4) is 17.2 Å². The first kappa shape index (κ1) is 8.46. The van der Waals surface area contributed by atoms with Crippen LogP contribution in [-0.4, -0.2) is 4.98 Å². The molecule has 0 unspecified atom stereocenters. The summed E-state index contributed by atoms with van der Waals surface area (Å²) in [5.41, 5.74) is 2.45. The fourth-order valence-corrected chi connectivity index (χ4v) is 1.22. The normalized spacial score (nSPS) is 9.36. The van der Waals surface area contributed by atoms with Crippen molar-refractivity contribution in [2.24, 2.45) is 0 Å². The quantitative estimate of drug-likeness (QED) is 0.674. The Bertz CT molecular complexity index is 469. The van der Waals surface area contributed by atoms with Crippen LogP contribution in [0.4, 0.5) is 0 Å². The summed E-state index contributed by atoms with van der Waals surface area (Å²) in [4.78, 5) is 3.99. The molecule has 1 aromatic carbocycles. The van der Waals surface area contributed by atoms with Crippen molar-refractivity contribution in [1.29, 1.82) is 5.26 Å². The highest BCUT2D eigenvalue weighted by Gasteiger charge is 1.98. The molecule has 2 rings (SSSR count). The van der Waals surface area contributed by atoms with Gasteiger partial charge >= 0.3 is 0 Å². The number of hydrogen-bond donors (Lipinski definition) is 0. The maximum absolute atomic E-state index is 8.71. The van der Waals surface area contributed by atoms with Gasteiger partial charge in [0, 0.05) is 18.0 Å². The summed E-state index contributed by atoms with van der Waals surface area (Å²) in [6.07, 6.45) is 3.28. The topological polar surface area (TPSA) is 36.7 Å². The standard InChI is InChI=1S/C12H7N2/c13-7-10-6-12(9-14-8-10)11-4-2-1-3-5-11/h1-4,6,8-9H. The minimum Gasteiger partial charge on any atom is -0.263 e. The minimum absolute atomic E-state index is 0.569. The first-order valence-electron chi connectivity index (χ1n) is 4.22. The zero-order chi connectivity index (χ0) is 9.80. The van der Waals surface area contributed by atoms with Crippen molar-refractivity contribution < 1.29 is 0 Å². The fraction of sp³-hybridized carbons (Fsp3) is 0. The third-order valence-electron chi connectivity index (χ3n) is 1.89. The maximum Gasteiger partial charge on any atom is 0.101 e. The lowest BCUT2D eigenvalue weighted by molar-refractivity contribution is 1.30. The number of nitrogens with zero attached hydrogens (tertiary/aromatic N) is 2. The summed E-state index contributed by atoms with van der Waals surface area (Å²) in [6.45, 7) is 0. The van der Waals surface area contributed by atoms with E-state index in [1.54, 1.807) is 18.5 Å². The van der Waals surface area contributed by atoms with E-state index in [4.69, 9.17) is 5.26 Å². The van der Waals surface area contributed by atoms with Crippen LogP contribution in [0.15, 0.2) is 42.7 Å². The molecule has 0 N–H and O–H groups in total. The Labute approximate surface area is 82.5 Å². The summed E-state index contributed by atoms with van der Waals surface area (Å²) in [7, 11) is 0. The molecule has 2 heteroatoms. The monoisotopic (exact) mass is 179 g/mol. The number of nitriles is 1. The second kappa shape index (κ2) is 3.71. The van der Waals surface area contributed by atoms with Crippen LogP contribution >= 0.6 is 0 Å². The number of rotatable bonds is 1. The van der Waals surface area contributed by atoms with Crippen molar-refractivity contribution in [3.05, 3.63) is 54.4 Å². The molecule has 14 heavy (non-hydrogen) atoms. The highest BCUT2D eigenvalue weighted by atomic mass is 14.6. The largest absolute Gasteiger partial charge is 0.263 e. The van der Waals surface area contributed by atoms with Crippen LogP contribution in [0, 0.1) is 17.4 Å². The Morgan fingerprint density at radius 1 is 1.29 bits per heavy atom. The van der Waals surface area contributed by atoms with Crippen molar-refractivity contribution in [1.82, 2.24) is 4.98 Å². The molecular weight excluding hydrogens is 172 g/mol. The van der Waals surface area contributed by atoms with Crippen molar-refractivity contribution in [2.75, 3.05) is 0 Å². The van der Waals surface area contributed by atoms with E-state index in [0.29, 0.717) is 5.56 Å². The molecule has 0 bridgehead atoms. The molecule has 1 radical (unpaired) electrons. The van der Waals surface area contributed by atoms with Crippen LogP contribution in [0.3, 0.4) is 0 Å². The molecule has 0 saturated carbocycles. The summed E-state index contributed by atoms with van der Waals surface area (Å²) in [6, 6.07) is 14.6. The van der Waals surface area contributed by atoms with Crippen LogP contribution in [0.1, 0.15) is 5.56 Å². The van der Waals surface area contributed by atoms with E-state index < -0.39 is 0 Å². The molecular formula is C12H7N2. The number of pyridine rings is 1. The Kier molecular flexibility index (Phi) is 2.24. The summed E-state index contributed by atoms with van der Waals surface area (Å²) in [5, 5.41) is 8.71. The van der Waals surface area contributed by atoms with Gasteiger partial charge in [-0.1, -0.05) is 24.3 Å². The molecule has 0 atom stereocenters. The average molecular weight is 179 g/mol. The lowest BCUT2D eigenvalue weighted by Gasteiger charge is -1.99. The van der Waals surface area contributed by atoms with Gasteiger partial charge in [0.2, 0.25) is 0 Å². The highest BCUT2D eigenvalue weighted by Crippen LogP contribution is 2.17. The highest BCUT2D eigenvalue weighted by molar-refractivity contribution is 5.62. The molecule has 0 amide bonds. The molecule has 2 nitrogen and oxygen atoms in total. The van der Waals surface area contributed by atoms with E-state index in [9.17, 15) is 0 Å². The van der Waals surface area contributed by atoms with E-state index >= 15 is 0 Å². The van der Waals surface area contributed by atoms with Gasteiger partial charge in [0.25, 0.3) is 0 Å². The van der Waals surface area contributed by atoms with Gasteiger partial charge in [0.1, 0.15) is 6.07 Å². The second-order valence-corrected chi connectivity index (χ2v) is 2.85. The molecule has 0 spiro atoms. The summed E-state index contributed by atoms with van der Waals surface area (Å²) in [5.74, 6) is 0. The molecule has 65 valence electrons. The van der Waals surface area contributed by atoms with Crippen LogP contribution in [0.2, 0.25) is 0 Å². The predicted molar refractivity (Wildman–Crippen MR) is 53.2 cm³/mol. The van der Waals surface area contributed by atoms with Gasteiger partial charge in [-0.3, -0.25) is 4.98 Å². The molecule has 1 heterocycles. The van der Waals surface area contributed by atoms with Crippen molar-refractivity contribution in [2.45, 2.75) is 0 Å². The van der Waals surface area contributed by atoms with Gasteiger partial charge in [0.15, 0.2) is 0 Å². The minimum atomic E-state index is 0.569. The first-order valence-corrected chi connectivity index (χ1v) is 4.22. The maximum atomic E-state index is 8.71. The molecule has 0 aliphatic heterocycles. The zero-order valence-corrected chi connectivity index (χ0v) is 7.44. The molecule has 1 aromatic heterocycles. The smallest absolute Gasteiger partial charge is 0.101 e. The third kappa shape index (κ3) is 1.62. The predicted octanol–water partition coefficient (Wildman–Crippen LogP) is 2.42. The molecule has 0 aliphatic carbocycles. The number of hydrogen-bond acceptors (Lipinski definition) is 2. The van der Waals surface area contributed by atoms with Crippen LogP contribution in [-0.2, 0) is 0 Å². The van der Waals surface area contributed by atoms with E-state index in [0.717, 1.165) is 11.1 Å². The summed E-state index contributed by atoms with van der Waals surface area (Å²) >= 11 is 0. The molecule has 0 aliphatic rings.